The molecule has 2 atom stereocenters. The van der Waals surface area contributed by atoms with Crippen molar-refractivity contribution in [2.24, 2.45) is 11.7 Å². The Bertz CT molecular complexity index is 493. The van der Waals surface area contributed by atoms with Crippen molar-refractivity contribution in [1.82, 2.24) is 4.90 Å². The molecule has 0 aromatic carbocycles. The van der Waals surface area contributed by atoms with E-state index in [-0.39, 0.29) is 11.9 Å². The van der Waals surface area contributed by atoms with Gasteiger partial charge in [0.2, 0.25) is 0 Å². The fourth-order valence-corrected chi connectivity index (χ4v) is 3.48. The summed E-state index contributed by atoms with van der Waals surface area (Å²) in [5.41, 5.74) is 7.57. The van der Waals surface area contributed by atoms with Crippen molar-refractivity contribution in [2.75, 3.05) is 13.1 Å². The molecular formula is C16H26N2O2. The Labute approximate surface area is 121 Å². The maximum absolute atomic E-state index is 12.9. The van der Waals surface area contributed by atoms with Gasteiger partial charge in [-0.25, -0.2) is 0 Å². The van der Waals surface area contributed by atoms with E-state index in [1.54, 1.807) is 0 Å². The number of hydrogen-bond donors (Lipinski definition) is 1. The summed E-state index contributed by atoms with van der Waals surface area (Å²) in [6.07, 6.45) is 3.36. The molecule has 0 spiro atoms. The lowest BCUT2D eigenvalue weighted by atomic mass is 10.0. The molecule has 112 valence electrons. The fraction of sp³-hybridized carbons (Fsp3) is 0.688. The average molecular weight is 278 g/mol. The number of aryl methyl sites for hydroxylation is 2. The van der Waals surface area contributed by atoms with Gasteiger partial charge in [-0.05, 0) is 53.0 Å². The average Bonchev–Trinajstić information content (AvgIpc) is 2.96. The molecule has 1 aromatic heterocycles. The molecule has 1 heterocycles. The molecule has 1 saturated carbocycles. The summed E-state index contributed by atoms with van der Waals surface area (Å²) in [5, 5.41) is 0. The lowest BCUT2D eigenvalue weighted by Gasteiger charge is -2.32. The van der Waals surface area contributed by atoms with E-state index in [4.69, 9.17) is 10.2 Å². The van der Waals surface area contributed by atoms with Gasteiger partial charge in [-0.15, -0.1) is 0 Å². The number of hydrogen-bond acceptors (Lipinski definition) is 3. The molecule has 1 fully saturated rings. The van der Waals surface area contributed by atoms with Gasteiger partial charge >= 0.3 is 0 Å². The molecule has 4 nitrogen and oxygen atoms in total. The van der Waals surface area contributed by atoms with E-state index in [2.05, 4.69) is 0 Å². The van der Waals surface area contributed by atoms with Crippen LogP contribution in [0.25, 0.3) is 0 Å². The molecule has 1 aliphatic carbocycles. The first-order chi connectivity index (χ1) is 9.51. The zero-order valence-corrected chi connectivity index (χ0v) is 13.0. The number of nitrogens with zero attached hydrogens (tertiary/aromatic N) is 1. The second-order valence-corrected chi connectivity index (χ2v) is 5.80. The van der Waals surface area contributed by atoms with Crippen LogP contribution in [-0.4, -0.2) is 29.9 Å². The number of nitrogens with two attached hydrogens (primary N) is 1. The molecule has 4 heteroatoms. The molecule has 1 aromatic rings. The van der Waals surface area contributed by atoms with Gasteiger partial charge in [-0.3, -0.25) is 4.79 Å². The number of rotatable bonds is 4. The largest absolute Gasteiger partial charge is 0.466 e. The molecular weight excluding hydrogens is 252 g/mol. The predicted molar refractivity (Wildman–Crippen MR) is 79.8 cm³/mol. The Morgan fingerprint density at radius 3 is 2.50 bits per heavy atom. The van der Waals surface area contributed by atoms with Gasteiger partial charge in [0.25, 0.3) is 5.91 Å². The van der Waals surface area contributed by atoms with Crippen LogP contribution in [0.2, 0.25) is 0 Å². The van der Waals surface area contributed by atoms with E-state index in [1.807, 2.05) is 32.6 Å². The van der Waals surface area contributed by atoms with Crippen LogP contribution in [0.5, 0.6) is 0 Å². The monoisotopic (exact) mass is 278 g/mol. The minimum absolute atomic E-state index is 0.102. The van der Waals surface area contributed by atoms with Crippen molar-refractivity contribution in [1.29, 1.82) is 0 Å². The van der Waals surface area contributed by atoms with Crippen LogP contribution < -0.4 is 5.73 Å². The second-order valence-electron chi connectivity index (χ2n) is 5.80. The number of carbonyl (C=O) groups is 1. The Hall–Kier alpha value is -1.29. The molecule has 2 N–H and O–H groups in total. The zero-order chi connectivity index (χ0) is 14.9. The van der Waals surface area contributed by atoms with Gasteiger partial charge < -0.3 is 15.1 Å². The highest BCUT2D eigenvalue weighted by atomic mass is 16.3. The molecule has 0 saturated heterocycles. The SMILES string of the molecule is CCN(C(=O)c1c(C)oc(C)c1C)C1CCCC1CN. The van der Waals surface area contributed by atoms with Gasteiger partial charge in [0, 0.05) is 18.2 Å². The summed E-state index contributed by atoms with van der Waals surface area (Å²) in [4.78, 5) is 14.9. The van der Waals surface area contributed by atoms with Crippen LogP contribution in [-0.2, 0) is 0 Å². The van der Waals surface area contributed by atoms with Crippen LogP contribution in [0.15, 0.2) is 4.42 Å². The van der Waals surface area contributed by atoms with E-state index in [0.29, 0.717) is 12.5 Å². The Morgan fingerprint density at radius 2 is 2.00 bits per heavy atom. The quantitative estimate of drug-likeness (QED) is 0.921. The third-order valence-corrected chi connectivity index (χ3v) is 4.70. The standard InChI is InChI=1S/C16H26N2O2/c1-5-18(14-8-6-7-13(14)9-17)16(19)15-10(2)11(3)20-12(15)4/h13-14H,5-9,17H2,1-4H3. The van der Waals surface area contributed by atoms with Crippen molar-refractivity contribution in [2.45, 2.75) is 53.0 Å². The van der Waals surface area contributed by atoms with Crippen LogP contribution >= 0.6 is 0 Å². The maximum Gasteiger partial charge on any atom is 0.257 e. The van der Waals surface area contributed by atoms with E-state index >= 15 is 0 Å². The Kier molecular flexibility index (Phi) is 4.53. The third-order valence-electron chi connectivity index (χ3n) is 4.70. The lowest BCUT2D eigenvalue weighted by molar-refractivity contribution is 0.0649. The first kappa shape index (κ1) is 15.1. The minimum Gasteiger partial charge on any atom is -0.466 e. The van der Waals surface area contributed by atoms with Gasteiger partial charge in [-0.2, -0.15) is 0 Å². The van der Waals surface area contributed by atoms with E-state index in [1.165, 1.54) is 6.42 Å². The van der Waals surface area contributed by atoms with Crippen LogP contribution in [0.1, 0.15) is 53.6 Å². The lowest BCUT2D eigenvalue weighted by Crippen LogP contribution is -2.44. The van der Waals surface area contributed by atoms with Crippen molar-refractivity contribution in [3.05, 3.63) is 22.6 Å². The highest BCUT2D eigenvalue weighted by molar-refractivity contribution is 5.97. The summed E-state index contributed by atoms with van der Waals surface area (Å²) in [5.74, 6) is 2.10. The van der Waals surface area contributed by atoms with Gasteiger partial charge in [-0.1, -0.05) is 6.42 Å². The van der Waals surface area contributed by atoms with E-state index < -0.39 is 0 Å². The molecule has 2 rings (SSSR count). The van der Waals surface area contributed by atoms with Crippen molar-refractivity contribution < 1.29 is 9.21 Å². The van der Waals surface area contributed by atoms with Gasteiger partial charge in [0.15, 0.2) is 0 Å². The Balaban J connectivity index is 2.29. The van der Waals surface area contributed by atoms with Crippen LogP contribution in [0.4, 0.5) is 0 Å². The minimum atomic E-state index is 0.102. The first-order valence-corrected chi connectivity index (χ1v) is 7.58. The van der Waals surface area contributed by atoms with E-state index in [9.17, 15) is 4.79 Å². The van der Waals surface area contributed by atoms with Crippen molar-refractivity contribution >= 4 is 5.91 Å². The smallest absolute Gasteiger partial charge is 0.257 e. The normalized spacial score (nSPS) is 22.2. The Morgan fingerprint density at radius 1 is 1.30 bits per heavy atom. The first-order valence-electron chi connectivity index (χ1n) is 7.58. The van der Waals surface area contributed by atoms with Gasteiger partial charge in [0.05, 0.1) is 5.56 Å². The zero-order valence-electron chi connectivity index (χ0n) is 13.0. The molecule has 1 amide bonds. The summed E-state index contributed by atoms with van der Waals surface area (Å²) < 4.78 is 5.60. The predicted octanol–water partition coefficient (Wildman–Crippen LogP) is 2.79. The summed E-state index contributed by atoms with van der Waals surface area (Å²) in [6.45, 7) is 9.17. The molecule has 0 bridgehead atoms. The molecule has 20 heavy (non-hydrogen) atoms. The summed E-state index contributed by atoms with van der Waals surface area (Å²) >= 11 is 0. The van der Waals surface area contributed by atoms with Crippen molar-refractivity contribution in [3.8, 4) is 0 Å². The highest BCUT2D eigenvalue weighted by Gasteiger charge is 2.35. The van der Waals surface area contributed by atoms with Crippen molar-refractivity contribution in [3.63, 3.8) is 0 Å². The number of carbonyl (C=O) groups excluding carboxylic acids is 1. The topological polar surface area (TPSA) is 59.5 Å². The van der Waals surface area contributed by atoms with Crippen LogP contribution in [0.3, 0.4) is 0 Å². The molecule has 0 aliphatic heterocycles. The van der Waals surface area contributed by atoms with Crippen LogP contribution in [0, 0.1) is 26.7 Å². The molecule has 0 radical (unpaired) electrons. The number of furan rings is 1. The summed E-state index contributed by atoms with van der Waals surface area (Å²) in [6, 6.07) is 0.284. The third kappa shape index (κ3) is 2.49. The second kappa shape index (κ2) is 6.00. The molecule has 1 aliphatic rings. The van der Waals surface area contributed by atoms with E-state index in [0.717, 1.165) is 42.0 Å². The fourth-order valence-electron chi connectivity index (χ4n) is 3.48. The highest BCUT2D eigenvalue weighted by Crippen LogP contribution is 2.31. The van der Waals surface area contributed by atoms with Gasteiger partial charge in [0.1, 0.15) is 11.5 Å². The molecule has 2 unspecified atom stereocenters. The number of amides is 1. The summed E-state index contributed by atoms with van der Waals surface area (Å²) in [7, 11) is 0. The maximum atomic E-state index is 12.9.